The second-order valence-electron chi connectivity index (χ2n) is 4.26. The number of hydrogen-bond acceptors (Lipinski definition) is 3. The van der Waals surface area contributed by atoms with Crippen LogP contribution in [0, 0.1) is 5.41 Å². The fourth-order valence-electron chi connectivity index (χ4n) is 1.56. The van der Waals surface area contributed by atoms with E-state index in [1.165, 1.54) is 0 Å². The molecule has 13 heavy (non-hydrogen) atoms. The average molecular weight is 179 g/mol. The Hall–Kier alpha value is -0.960. The highest BCUT2D eigenvalue weighted by atomic mass is 14.9. The summed E-state index contributed by atoms with van der Waals surface area (Å²) in [6.07, 6.45) is 5.28. The molecule has 1 atom stereocenters. The summed E-state index contributed by atoms with van der Waals surface area (Å²) < 4.78 is 0. The van der Waals surface area contributed by atoms with Crippen LogP contribution in [0.2, 0.25) is 0 Å². The Bertz CT molecular complexity index is 251. The largest absolute Gasteiger partial charge is 0.312 e. The van der Waals surface area contributed by atoms with Gasteiger partial charge in [-0.15, -0.1) is 0 Å². The second-order valence-corrected chi connectivity index (χ2v) is 4.26. The van der Waals surface area contributed by atoms with Gasteiger partial charge in [0.15, 0.2) is 0 Å². The van der Waals surface area contributed by atoms with Crippen molar-refractivity contribution in [1.29, 1.82) is 0 Å². The molecule has 0 radical (unpaired) electrons. The van der Waals surface area contributed by atoms with E-state index in [4.69, 9.17) is 0 Å². The van der Waals surface area contributed by atoms with Gasteiger partial charge in [0.2, 0.25) is 0 Å². The molecule has 0 aliphatic heterocycles. The SMILES string of the molecule is CNC(c1cncnc1)C(C)(C)C. The summed E-state index contributed by atoms with van der Waals surface area (Å²) >= 11 is 0. The molecule has 1 aromatic heterocycles. The van der Waals surface area contributed by atoms with E-state index in [2.05, 4.69) is 36.1 Å². The normalized spacial score (nSPS) is 14.2. The van der Waals surface area contributed by atoms with Crippen molar-refractivity contribution in [3.63, 3.8) is 0 Å². The predicted octanol–water partition coefficient (Wildman–Crippen LogP) is 1.78. The van der Waals surface area contributed by atoms with Gasteiger partial charge in [-0.05, 0) is 12.5 Å². The minimum absolute atomic E-state index is 0.180. The Balaban J connectivity index is 2.92. The van der Waals surface area contributed by atoms with Crippen molar-refractivity contribution in [3.8, 4) is 0 Å². The van der Waals surface area contributed by atoms with Gasteiger partial charge in [0.25, 0.3) is 0 Å². The van der Waals surface area contributed by atoms with Crippen LogP contribution in [-0.2, 0) is 0 Å². The van der Waals surface area contributed by atoms with Crippen molar-refractivity contribution in [2.45, 2.75) is 26.8 Å². The van der Waals surface area contributed by atoms with Crippen LogP contribution >= 0.6 is 0 Å². The van der Waals surface area contributed by atoms with Crippen LogP contribution < -0.4 is 5.32 Å². The minimum atomic E-state index is 0.180. The third kappa shape index (κ3) is 2.49. The molecular weight excluding hydrogens is 162 g/mol. The van der Waals surface area contributed by atoms with E-state index < -0.39 is 0 Å². The lowest BCUT2D eigenvalue weighted by Crippen LogP contribution is -2.29. The molecule has 3 heteroatoms. The number of hydrogen-bond donors (Lipinski definition) is 1. The molecule has 1 unspecified atom stereocenters. The highest BCUT2D eigenvalue weighted by Gasteiger charge is 2.24. The van der Waals surface area contributed by atoms with E-state index in [1.807, 2.05) is 19.4 Å². The lowest BCUT2D eigenvalue weighted by molar-refractivity contribution is 0.286. The van der Waals surface area contributed by atoms with Crippen molar-refractivity contribution in [3.05, 3.63) is 24.3 Å². The van der Waals surface area contributed by atoms with Crippen LogP contribution in [0.25, 0.3) is 0 Å². The lowest BCUT2D eigenvalue weighted by Gasteiger charge is -2.30. The zero-order valence-electron chi connectivity index (χ0n) is 8.70. The Labute approximate surface area is 79.6 Å². The van der Waals surface area contributed by atoms with Crippen LogP contribution in [0.1, 0.15) is 32.4 Å². The topological polar surface area (TPSA) is 37.8 Å². The molecule has 0 fully saturated rings. The number of rotatable bonds is 2. The smallest absolute Gasteiger partial charge is 0.115 e. The maximum Gasteiger partial charge on any atom is 0.115 e. The number of nitrogens with zero attached hydrogens (tertiary/aromatic N) is 2. The Morgan fingerprint density at radius 1 is 1.23 bits per heavy atom. The van der Waals surface area contributed by atoms with Crippen molar-refractivity contribution in [1.82, 2.24) is 15.3 Å². The third-order valence-corrected chi connectivity index (χ3v) is 2.07. The average Bonchev–Trinajstić information content (AvgIpc) is 2.05. The zero-order valence-corrected chi connectivity index (χ0v) is 8.70. The summed E-state index contributed by atoms with van der Waals surface area (Å²) in [6.45, 7) is 6.59. The number of aromatic nitrogens is 2. The van der Waals surface area contributed by atoms with Gasteiger partial charge in [0.05, 0.1) is 0 Å². The first-order chi connectivity index (χ1) is 6.05. The summed E-state index contributed by atoms with van der Waals surface area (Å²) in [5.74, 6) is 0. The molecule has 0 aromatic carbocycles. The first kappa shape index (κ1) is 10.1. The van der Waals surface area contributed by atoms with Crippen LogP contribution in [-0.4, -0.2) is 17.0 Å². The van der Waals surface area contributed by atoms with Crippen molar-refractivity contribution < 1.29 is 0 Å². The van der Waals surface area contributed by atoms with E-state index in [0.29, 0.717) is 6.04 Å². The maximum absolute atomic E-state index is 4.02. The van der Waals surface area contributed by atoms with Crippen LogP contribution in [0.15, 0.2) is 18.7 Å². The minimum Gasteiger partial charge on any atom is -0.312 e. The molecule has 1 N–H and O–H groups in total. The van der Waals surface area contributed by atoms with E-state index in [0.717, 1.165) is 5.56 Å². The summed E-state index contributed by atoms with van der Waals surface area (Å²) in [6, 6.07) is 0.300. The quantitative estimate of drug-likeness (QED) is 0.752. The van der Waals surface area contributed by atoms with Gasteiger partial charge in [0, 0.05) is 24.0 Å². The molecule has 0 saturated heterocycles. The standard InChI is InChI=1S/C10H17N3/c1-10(2,3)9(11-4)8-5-12-7-13-6-8/h5-7,9,11H,1-4H3. The molecule has 0 saturated carbocycles. The van der Waals surface area contributed by atoms with Crippen LogP contribution in [0.5, 0.6) is 0 Å². The van der Waals surface area contributed by atoms with Crippen molar-refractivity contribution >= 4 is 0 Å². The monoisotopic (exact) mass is 179 g/mol. The second kappa shape index (κ2) is 3.83. The van der Waals surface area contributed by atoms with Gasteiger partial charge in [-0.2, -0.15) is 0 Å². The molecule has 1 rings (SSSR count). The van der Waals surface area contributed by atoms with Gasteiger partial charge >= 0.3 is 0 Å². The number of nitrogens with one attached hydrogen (secondary N) is 1. The van der Waals surface area contributed by atoms with Gasteiger partial charge in [-0.3, -0.25) is 0 Å². The van der Waals surface area contributed by atoms with Gasteiger partial charge < -0.3 is 5.32 Å². The Morgan fingerprint density at radius 3 is 2.15 bits per heavy atom. The molecule has 0 aliphatic carbocycles. The lowest BCUT2D eigenvalue weighted by atomic mass is 9.83. The van der Waals surface area contributed by atoms with Crippen molar-refractivity contribution in [2.24, 2.45) is 5.41 Å². The van der Waals surface area contributed by atoms with Gasteiger partial charge in [-0.1, -0.05) is 20.8 Å². The predicted molar refractivity (Wildman–Crippen MR) is 53.3 cm³/mol. The highest BCUT2D eigenvalue weighted by molar-refractivity contribution is 5.11. The summed E-state index contributed by atoms with van der Waals surface area (Å²) in [5, 5.41) is 3.28. The van der Waals surface area contributed by atoms with Crippen molar-refractivity contribution in [2.75, 3.05) is 7.05 Å². The zero-order chi connectivity index (χ0) is 9.90. The van der Waals surface area contributed by atoms with Gasteiger partial charge in [-0.25, -0.2) is 9.97 Å². The molecule has 1 aromatic rings. The molecule has 72 valence electrons. The molecular formula is C10H17N3. The maximum atomic E-state index is 4.02. The van der Waals surface area contributed by atoms with E-state index in [9.17, 15) is 0 Å². The Kier molecular flexibility index (Phi) is 2.98. The first-order valence-corrected chi connectivity index (χ1v) is 4.48. The fourth-order valence-corrected chi connectivity index (χ4v) is 1.56. The van der Waals surface area contributed by atoms with E-state index >= 15 is 0 Å². The molecule has 0 spiro atoms. The van der Waals surface area contributed by atoms with Gasteiger partial charge in [0.1, 0.15) is 6.33 Å². The van der Waals surface area contributed by atoms with E-state index in [1.54, 1.807) is 6.33 Å². The molecule has 0 bridgehead atoms. The Morgan fingerprint density at radius 2 is 1.77 bits per heavy atom. The molecule has 3 nitrogen and oxygen atoms in total. The molecule has 0 aliphatic rings. The fraction of sp³-hybridized carbons (Fsp3) is 0.600. The molecule has 0 amide bonds. The van der Waals surface area contributed by atoms with E-state index in [-0.39, 0.29) is 5.41 Å². The third-order valence-electron chi connectivity index (χ3n) is 2.07. The van der Waals surface area contributed by atoms with Crippen LogP contribution in [0.4, 0.5) is 0 Å². The summed E-state index contributed by atoms with van der Waals surface area (Å²) in [5.41, 5.74) is 1.32. The highest BCUT2D eigenvalue weighted by Crippen LogP contribution is 2.31. The summed E-state index contributed by atoms with van der Waals surface area (Å²) in [7, 11) is 1.96. The summed E-state index contributed by atoms with van der Waals surface area (Å²) in [4.78, 5) is 8.03. The van der Waals surface area contributed by atoms with Crippen LogP contribution in [0.3, 0.4) is 0 Å². The first-order valence-electron chi connectivity index (χ1n) is 4.48. The molecule has 1 heterocycles.